The maximum Gasteiger partial charge on any atom is 0.234 e. The first-order valence-corrected chi connectivity index (χ1v) is 7.90. The number of hydrogen-bond acceptors (Lipinski definition) is 3. The summed E-state index contributed by atoms with van der Waals surface area (Å²) in [5.41, 5.74) is 0.437. The quantitative estimate of drug-likeness (QED) is 0.559. The molecule has 0 aromatic heterocycles. The topological polar surface area (TPSA) is 49.3 Å². The van der Waals surface area contributed by atoms with Gasteiger partial charge in [-0.15, -0.1) is 11.8 Å². The maximum absolute atomic E-state index is 12.0. The molecule has 0 radical (unpaired) electrons. The van der Waals surface area contributed by atoms with Gasteiger partial charge in [-0.25, -0.2) is 0 Å². The van der Waals surface area contributed by atoms with Crippen LogP contribution in [0.4, 0.5) is 5.69 Å². The van der Waals surface area contributed by atoms with Gasteiger partial charge >= 0.3 is 0 Å². The van der Waals surface area contributed by atoms with Crippen molar-refractivity contribution in [2.75, 3.05) is 11.1 Å². The Morgan fingerprint density at radius 3 is 2.50 bits per heavy atom. The Hall–Kier alpha value is -2.46. The normalized spacial score (nSPS) is 10.5. The summed E-state index contributed by atoms with van der Waals surface area (Å²) in [4.78, 5) is 13.0. The van der Waals surface area contributed by atoms with Gasteiger partial charge in [0.15, 0.2) is 0 Å². The highest BCUT2D eigenvalue weighted by Gasteiger charge is 2.06. The maximum atomic E-state index is 12.0. The molecule has 3 rings (SSSR count). The molecule has 0 unspecified atom stereocenters. The van der Waals surface area contributed by atoms with Crippen LogP contribution in [0.1, 0.15) is 0 Å². The zero-order chi connectivity index (χ0) is 15.4. The van der Waals surface area contributed by atoms with Gasteiger partial charge in [-0.05, 0) is 35.0 Å². The van der Waals surface area contributed by atoms with Crippen molar-refractivity contribution in [1.82, 2.24) is 0 Å². The van der Waals surface area contributed by atoms with Gasteiger partial charge in [0, 0.05) is 4.90 Å². The third-order valence-electron chi connectivity index (χ3n) is 3.27. The van der Waals surface area contributed by atoms with Crippen molar-refractivity contribution in [3.8, 4) is 5.75 Å². The Kier molecular flexibility index (Phi) is 4.30. The number of thioether (sulfide) groups is 1. The highest BCUT2D eigenvalue weighted by molar-refractivity contribution is 8.00. The summed E-state index contributed by atoms with van der Waals surface area (Å²) in [6.07, 6.45) is 0. The van der Waals surface area contributed by atoms with Crippen molar-refractivity contribution in [2.45, 2.75) is 4.90 Å². The zero-order valence-electron chi connectivity index (χ0n) is 11.8. The molecule has 0 aliphatic carbocycles. The number of para-hydroxylation sites is 2. The Labute approximate surface area is 133 Å². The van der Waals surface area contributed by atoms with E-state index in [1.165, 1.54) is 17.1 Å². The van der Waals surface area contributed by atoms with Crippen LogP contribution in [0.5, 0.6) is 5.75 Å². The van der Waals surface area contributed by atoms with Crippen molar-refractivity contribution in [3.63, 3.8) is 0 Å². The predicted molar refractivity (Wildman–Crippen MR) is 91.4 cm³/mol. The second-order valence-electron chi connectivity index (χ2n) is 4.86. The van der Waals surface area contributed by atoms with Crippen LogP contribution in [0.25, 0.3) is 10.8 Å². The lowest BCUT2D eigenvalue weighted by Gasteiger charge is -2.07. The van der Waals surface area contributed by atoms with Crippen LogP contribution in [0, 0.1) is 0 Å². The third-order valence-corrected chi connectivity index (χ3v) is 4.26. The summed E-state index contributed by atoms with van der Waals surface area (Å²) in [7, 11) is 0. The van der Waals surface area contributed by atoms with Crippen molar-refractivity contribution in [3.05, 3.63) is 66.7 Å². The number of carbonyl (C=O) groups excluding carboxylic acids is 1. The van der Waals surface area contributed by atoms with Crippen LogP contribution < -0.4 is 5.32 Å². The minimum atomic E-state index is -0.139. The van der Waals surface area contributed by atoms with Gasteiger partial charge in [0.25, 0.3) is 0 Å². The molecule has 0 heterocycles. The fourth-order valence-corrected chi connectivity index (χ4v) is 2.92. The molecule has 3 aromatic rings. The van der Waals surface area contributed by atoms with Gasteiger partial charge < -0.3 is 10.4 Å². The van der Waals surface area contributed by atoms with Gasteiger partial charge in [0.1, 0.15) is 5.75 Å². The van der Waals surface area contributed by atoms with Gasteiger partial charge in [-0.1, -0.05) is 42.5 Å². The molecule has 3 aromatic carbocycles. The van der Waals surface area contributed by atoms with E-state index in [-0.39, 0.29) is 11.7 Å². The van der Waals surface area contributed by atoms with E-state index < -0.39 is 0 Å². The summed E-state index contributed by atoms with van der Waals surface area (Å²) in [5, 5.41) is 14.7. The Balaban J connectivity index is 1.63. The number of carbonyl (C=O) groups is 1. The zero-order valence-corrected chi connectivity index (χ0v) is 12.6. The second-order valence-corrected chi connectivity index (χ2v) is 5.91. The summed E-state index contributed by atoms with van der Waals surface area (Å²) in [6, 6.07) is 21.0. The molecule has 0 atom stereocenters. The van der Waals surface area contributed by atoms with Crippen molar-refractivity contribution >= 4 is 34.1 Å². The van der Waals surface area contributed by atoms with E-state index in [9.17, 15) is 9.90 Å². The van der Waals surface area contributed by atoms with E-state index in [1.54, 1.807) is 24.3 Å². The molecule has 0 fully saturated rings. The fraction of sp³-hybridized carbons (Fsp3) is 0.0556. The minimum Gasteiger partial charge on any atom is -0.506 e. The molecule has 0 aliphatic rings. The first kappa shape index (κ1) is 14.5. The number of fused-ring (bicyclic) bond motifs is 1. The van der Waals surface area contributed by atoms with E-state index >= 15 is 0 Å². The van der Waals surface area contributed by atoms with E-state index in [1.807, 2.05) is 18.2 Å². The molecular formula is C18H15NO2S. The van der Waals surface area contributed by atoms with Crippen molar-refractivity contribution < 1.29 is 9.90 Å². The summed E-state index contributed by atoms with van der Waals surface area (Å²) in [5.74, 6) is 0.235. The predicted octanol–water partition coefficient (Wildman–Crippen LogP) is 4.28. The van der Waals surface area contributed by atoms with E-state index in [0.717, 1.165) is 10.3 Å². The van der Waals surface area contributed by atoms with Gasteiger partial charge in [0.2, 0.25) is 5.91 Å². The number of phenols is 1. The molecular weight excluding hydrogens is 294 g/mol. The largest absolute Gasteiger partial charge is 0.506 e. The molecule has 0 spiro atoms. The highest BCUT2D eigenvalue weighted by Crippen LogP contribution is 2.25. The Bertz CT molecular complexity index is 817. The first-order chi connectivity index (χ1) is 10.7. The van der Waals surface area contributed by atoms with Crippen LogP contribution >= 0.6 is 11.8 Å². The number of amides is 1. The average Bonchev–Trinajstić information content (AvgIpc) is 2.55. The van der Waals surface area contributed by atoms with Gasteiger partial charge in [-0.2, -0.15) is 0 Å². The van der Waals surface area contributed by atoms with E-state index in [2.05, 4.69) is 29.6 Å². The number of benzene rings is 3. The molecule has 1 amide bonds. The molecule has 0 saturated heterocycles. The minimum absolute atomic E-state index is 0.0755. The second kappa shape index (κ2) is 6.54. The van der Waals surface area contributed by atoms with E-state index in [0.29, 0.717) is 11.4 Å². The Morgan fingerprint density at radius 2 is 1.68 bits per heavy atom. The SMILES string of the molecule is O=C(CSc1ccc2ccccc2c1)Nc1ccccc1O. The van der Waals surface area contributed by atoms with Crippen LogP contribution in [-0.4, -0.2) is 16.8 Å². The van der Waals surface area contributed by atoms with Crippen LogP contribution in [0.2, 0.25) is 0 Å². The summed E-state index contributed by atoms with van der Waals surface area (Å²) < 4.78 is 0. The van der Waals surface area contributed by atoms with Crippen LogP contribution in [0.3, 0.4) is 0 Å². The number of hydrogen-bond donors (Lipinski definition) is 2. The Morgan fingerprint density at radius 1 is 0.955 bits per heavy atom. The molecule has 0 bridgehead atoms. The van der Waals surface area contributed by atoms with E-state index in [4.69, 9.17) is 0 Å². The highest BCUT2D eigenvalue weighted by atomic mass is 32.2. The monoisotopic (exact) mass is 309 g/mol. The number of rotatable bonds is 4. The molecule has 110 valence electrons. The lowest BCUT2D eigenvalue weighted by Crippen LogP contribution is -2.13. The molecule has 22 heavy (non-hydrogen) atoms. The summed E-state index contributed by atoms with van der Waals surface area (Å²) in [6.45, 7) is 0. The van der Waals surface area contributed by atoms with Gasteiger partial charge in [-0.3, -0.25) is 4.79 Å². The van der Waals surface area contributed by atoms with Crippen molar-refractivity contribution in [1.29, 1.82) is 0 Å². The number of nitrogens with one attached hydrogen (secondary N) is 1. The standard InChI is InChI=1S/C18H15NO2S/c20-17-8-4-3-7-16(17)19-18(21)12-22-15-10-9-13-5-1-2-6-14(13)11-15/h1-11,20H,12H2,(H,19,21). The molecule has 3 nitrogen and oxygen atoms in total. The molecule has 0 aliphatic heterocycles. The lowest BCUT2D eigenvalue weighted by molar-refractivity contribution is -0.113. The smallest absolute Gasteiger partial charge is 0.234 e. The lowest BCUT2D eigenvalue weighted by atomic mass is 10.1. The first-order valence-electron chi connectivity index (χ1n) is 6.92. The van der Waals surface area contributed by atoms with Crippen LogP contribution in [0.15, 0.2) is 71.6 Å². The fourth-order valence-electron chi connectivity index (χ4n) is 2.17. The number of anilines is 1. The number of aromatic hydroxyl groups is 1. The molecule has 4 heteroatoms. The van der Waals surface area contributed by atoms with Crippen LogP contribution in [-0.2, 0) is 4.79 Å². The van der Waals surface area contributed by atoms with Crippen molar-refractivity contribution in [2.24, 2.45) is 0 Å². The average molecular weight is 309 g/mol. The number of phenolic OH excluding ortho intramolecular Hbond substituents is 1. The molecule has 2 N–H and O–H groups in total. The third kappa shape index (κ3) is 3.40. The summed E-state index contributed by atoms with van der Waals surface area (Å²) >= 11 is 1.47. The van der Waals surface area contributed by atoms with Gasteiger partial charge in [0.05, 0.1) is 11.4 Å². The molecule has 0 saturated carbocycles.